The van der Waals surface area contributed by atoms with Crippen LogP contribution in [0, 0.1) is 0 Å². The molecule has 0 bridgehead atoms. The molecule has 0 aliphatic heterocycles. The first kappa shape index (κ1) is 29.1. The molecule has 3 aromatic heterocycles. The van der Waals surface area contributed by atoms with Crippen LogP contribution in [0.15, 0.2) is 185 Å². The zero-order valence-electron chi connectivity index (χ0n) is 27.9. The summed E-state index contributed by atoms with van der Waals surface area (Å²) in [5.41, 5.74) is 11.3. The van der Waals surface area contributed by atoms with Gasteiger partial charge in [0.1, 0.15) is 16.7 Å². The van der Waals surface area contributed by atoms with Crippen molar-refractivity contribution in [2.45, 2.75) is 0 Å². The maximum absolute atomic E-state index is 6.72. The van der Waals surface area contributed by atoms with E-state index in [1.54, 1.807) is 0 Å². The minimum Gasteiger partial charge on any atom is -0.456 e. The van der Waals surface area contributed by atoms with Crippen molar-refractivity contribution in [3.8, 4) is 22.3 Å². The molecule has 0 fully saturated rings. The van der Waals surface area contributed by atoms with Gasteiger partial charge < -0.3 is 13.7 Å². The lowest BCUT2D eigenvalue weighted by Gasteiger charge is -2.27. The van der Waals surface area contributed by atoms with E-state index in [-0.39, 0.29) is 0 Å². The lowest BCUT2D eigenvalue weighted by atomic mass is 9.98. The Hall–Kier alpha value is -6.62. The fraction of sp³-hybridized carbons (Fsp3) is 0. The molecule has 0 saturated carbocycles. The summed E-state index contributed by atoms with van der Waals surface area (Å²) in [6.07, 6.45) is 0. The van der Waals surface area contributed by atoms with Crippen LogP contribution in [0.3, 0.4) is 0 Å². The second-order valence-corrected chi connectivity index (χ2v) is 14.3. The Kier molecular flexibility index (Phi) is 6.42. The number of anilines is 3. The molecule has 3 nitrogen and oxygen atoms in total. The predicted octanol–water partition coefficient (Wildman–Crippen LogP) is 14.7. The number of hydrogen-bond donors (Lipinski definition) is 0. The number of para-hydroxylation sites is 3. The molecular weight excluding hydrogens is 655 g/mol. The molecule has 8 aromatic carbocycles. The van der Waals surface area contributed by atoms with Crippen LogP contribution in [0.5, 0.6) is 0 Å². The van der Waals surface area contributed by atoms with Gasteiger partial charge >= 0.3 is 0 Å². The van der Waals surface area contributed by atoms with Gasteiger partial charge in [-0.1, -0.05) is 127 Å². The van der Waals surface area contributed by atoms with Crippen LogP contribution in [0.2, 0.25) is 0 Å². The third-order valence-corrected chi connectivity index (χ3v) is 11.5. The molecule has 0 aliphatic carbocycles. The highest BCUT2D eigenvalue weighted by Gasteiger charge is 2.25. The number of hydrogen-bond acceptors (Lipinski definition) is 4. The van der Waals surface area contributed by atoms with E-state index >= 15 is 0 Å². The van der Waals surface area contributed by atoms with E-state index in [0.29, 0.717) is 0 Å². The fourth-order valence-corrected chi connectivity index (χ4v) is 9.17. The van der Waals surface area contributed by atoms with Gasteiger partial charge in [0.15, 0.2) is 5.58 Å². The standard InChI is InChI=1S/C48H29NO2S/c1-3-12-30(13-4-1)32-22-24-39-45(28-32)52-48-34(31-14-5-2-6-15-31)26-27-40(46(39)48)49(33-23-25-37-35-16-7-9-20-42(35)50-44(37)29-33)41-19-11-18-38-36-17-8-10-21-43(36)51-47(38)41/h1-29H. The van der Waals surface area contributed by atoms with Crippen molar-refractivity contribution in [1.29, 1.82) is 0 Å². The number of nitrogens with zero attached hydrogens (tertiary/aromatic N) is 1. The summed E-state index contributed by atoms with van der Waals surface area (Å²) in [6.45, 7) is 0. The van der Waals surface area contributed by atoms with Gasteiger partial charge in [-0.05, 0) is 64.7 Å². The maximum Gasteiger partial charge on any atom is 0.159 e. The highest BCUT2D eigenvalue weighted by Crippen LogP contribution is 2.51. The van der Waals surface area contributed by atoms with Gasteiger partial charge in [-0.25, -0.2) is 0 Å². The Morgan fingerprint density at radius 3 is 1.87 bits per heavy atom. The molecule has 0 aliphatic rings. The molecule has 0 atom stereocenters. The minimum atomic E-state index is 0.847. The van der Waals surface area contributed by atoms with Crippen molar-refractivity contribution in [2.75, 3.05) is 4.90 Å². The van der Waals surface area contributed by atoms with E-state index in [4.69, 9.17) is 8.83 Å². The van der Waals surface area contributed by atoms with Gasteiger partial charge in [0.05, 0.1) is 17.1 Å². The highest BCUT2D eigenvalue weighted by molar-refractivity contribution is 7.26. The zero-order chi connectivity index (χ0) is 34.2. The van der Waals surface area contributed by atoms with Crippen molar-refractivity contribution >= 4 is 92.4 Å². The fourth-order valence-electron chi connectivity index (χ4n) is 7.87. The van der Waals surface area contributed by atoms with Crippen LogP contribution in [0.25, 0.3) is 86.3 Å². The molecule has 11 aromatic rings. The summed E-state index contributed by atoms with van der Waals surface area (Å²) in [4.78, 5) is 2.37. The number of benzene rings is 8. The average Bonchev–Trinajstić information content (AvgIpc) is 3.90. The van der Waals surface area contributed by atoms with Crippen molar-refractivity contribution in [1.82, 2.24) is 0 Å². The quantitative estimate of drug-likeness (QED) is 0.181. The van der Waals surface area contributed by atoms with Crippen molar-refractivity contribution in [3.05, 3.63) is 176 Å². The van der Waals surface area contributed by atoms with Crippen LogP contribution < -0.4 is 4.90 Å². The smallest absolute Gasteiger partial charge is 0.159 e. The van der Waals surface area contributed by atoms with Gasteiger partial charge in [-0.3, -0.25) is 0 Å². The molecule has 52 heavy (non-hydrogen) atoms. The molecule has 3 heterocycles. The normalized spacial score (nSPS) is 11.8. The third kappa shape index (κ3) is 4.45. The summed E-state index contributed by atoms with van der Waals surface area (Å²) >= 11 is 1.86. The van der Waals surface area contributed by atoms with Gasteiger partial charge in [-0.15, -0.1) is 11.3 Å². The summed E-state index contributed by atoms with van der Waals surface area (Å²) in [7, 11) is 0. The van der Waals surface area contributed by atoms with E-state index in [2.05, 4.69) is 157 Å². The molecular formula is C48H29NO2S. The minimum absolute atomic E-state index is 0.847. The topological polar surface area (TPSA) is 29.5 Å². The van der Waals surface area contributed by atoms with Crippen molar-refractivity contribution in [2.24, 2.45) is 0 Å². The second-order valence-electron chi connectivity index (χ2n) is 13.2. The molecule has 0 spiro atoms. The van der Waals surface area contributed by atoms with Gasteiger partial charge in [-0.2, -0.15) is 0 Å². The van der Waals surface area contributed by atoms with Gasteiger partial charge in [0.25, 0.3) is 0 Å². The lowest BCUT2D eigenvalue weighted by Crippen LogP contribution is -2.10. The lowest BCUT2D eigenvalue weighted by molar-refractivity contribution is 0.667. The molecule has 0 radical (unpaired) electrons. The maximum atomic E-state index is 6.72. The Bertz CT molecular complexity index is 3130. The number of furan rings is 2. The SMILES string of the molecule is c1ccc(-c2ccc3c(c2)sc2c(-c4ccccc4)ccc(N(c4ccc5c(c4)oc4ccccc45)c4cccc5c4oc4ccccc45)c23)cc1. The summed E-state index contributed by atoms with van der Waals surface area (Å²) in [5, 5.41) is 6.83. The van der Waals surface area contributed by atoms with Crippen molar-refractivity contribution in [3.63, 3.8) is 0 Å². The van der Waals surface area contributed by atoms with E-state index < -0.39 is 0 Å². The highest BCUT2D eigenvalue weighted by atomic mass is 32.1. The van der Waals surface area contributed by atoms with E-state index in [1.807, 2.05) is 35.6 Å². The van der Waals surface area contributed by atoms with Crippen molar-refractivity contribution < 1.29 is 8.83 Å². The number of thiophene rings is 1. The molecule has 244 valence electrons. The van der Waals surface area contributed by atoms with Gasteiger partial charge in [0.2, 0.25) is 0 Å². The van der Waals surface area contributed by atoms with Crippen LogP contribution in [-0.4, -0.2) is 0 Å². The Morgan fingerprint density at radius 2 is 1.06 bits per heavy atom. The molecule has 0 amide bonds. The zero-order valence-corrected chi connectivity index (χ0v) is 28.7. The largest absolute Gasteiger partial charge is 0.456 e. The molecule has 0 N–H and O–H groups in total. The average molecular weight is 684 g/mol. The summed E-state index contributed by atoms with van der Waals surface area (Å²) in [5.74, 6) is 0. The number of fused-ring (bicyclic) bond motifs is 9. The third-order valence-electron chi connectivity index (χ3n) is 10.3. The summed E-state index contributed by atoms with van der Waals surface area (Å²) in [6, 6.07) is 62.4. The van der Waals surface area contributed by atoms with Crippen LogP contribution in [-0.2, 0) is 0 Å². The van der Waals surface area contributed by atoms with Crippen LogP contribution >= 0.6 is 11.3 Å². The first-order valence-corrected chi connectivity index (χ1v) is 18.3. The Morgan fingerprint density at radius 1 is 0.404 bits per heavy atom. The molecule has 0 unspecified atom stereocenters. The molecule has 0 saturated heterocycles. The Balaban J connectivity index is 1.24. The molecule has 4 heteroatoms. The second kappa shape index (κ2) is 11.5. The monoisotopic (exact) mass is 683 g/mol. The van der Waals surface area contributed by atoms with Gasteiger partial charge in [0, 0.05) is 47.8 Å². The summed E-state index contributed by atoms with van der Waals surface area (Å²) < 4.78 is 15.7. The molecule has 11 rings (SSSR count). The number of rotatable bonds is 5. The van der Waals surface area contributed by atoms with E-state index in [1.165, 1.54) is 42.4 Å². The van der Waals surface area contributed by atoms with E-state index in [0.717, 1.165) is 60.9 Å². The Labute approximate surface area is 303 Å². The van der Waals surface area contributed by atoms with E-state index in [9.17, 15) is 0 Å². The van der Waals surface area contributed by atoms with Crippen LogP contribution in [0.1, 0.15) is 0 Å². The van der Waals surface area contributed by atoms with Crippen LogP contribution in [0.4, 0.5) is 17.1 Å². The predicted molar refractivity (Wildman–Crippen MR) is 219 cm³/mol. The first-order valence-electron chi connectivity index (χ1n) is 17.5. The first-order chi connectivity index (χ1) is 25.8.